The molecule has 70 valence electrons. The molecule has 4 heteroatoms. The zero-order valence-corrected chi connectivity index (χ0v) is 8.06. The maximum absolute atomic E-state index is 7.15. The van der Waals surface area contributed by atoms with Crippen LogP contribution in [-0.2, 0) is 6.42 Å². The van der Waals surface area contributed by atoms with E-state index in [0.29, 0.717) is 17.2 Å². The Bertz CT molecular complexity index is 325. The number of benzene rings is 1. The number of amidine groups is 1. The fourth-order valence-electron chi connectivity index (χ4n) is 1.09. The van der Waals surface area contributed by atoms with Gasteiger partial charge in [0.2, 0.25) is 0 Å². The second-order valence-electron chi connectivity index (χ2n) is 2.66. The van der Waals surface area contributed by atoms with E-state index < -0.39 is 0 Å². The van der Waals surface area contributed by atoms with Crippen LogP contribution in [0.2, 0.25) is 5.02 Å². The number of nitrogens with one attached hydrogen (secondary N) is 1. The summed E-state index contributed by atoms with van der Waals surface area (Å²) < 4.78 is 5.09. The van der Waals surface area contributed by atoms with Crippen molar-refractivity contribution in [3.05, 3.63) is 28.8 Å². The standard InChI is InChI=1S/C9H11ClN2O/c1-13-8-3-2-7(10)4-6(8)5-9(11)12/h2-4H,5H2,1H3,(H3,11,12). The molecule has 1 aromatic rings. The van der Waals surface area contributed by atoms with Gasteiger partial charge in [0.15, 0.2) is 0 Å². The minimum atomic E-state index is 0.0977. The molecule has 0 aliphatic heterocycles. The molecule has 0 aliphatic carbocycles. The lowest BCUT2D eigenvalue weighted by atomic mass is 10.1. The van der Waals surface area contributed by atoms with Crippen molar-refractivity contribution >= 4 is 17.4 Å². The summed E-state index contributed by atoms with van der Waals surface area (Å²) in [6.45, 7) is 0. The molecule has 1 rings (SSSR count). The lowest BCUT2D eigenvalue weighted by Crippen LogP contribution is -2.13. The minimum absolute atomic E-state index is 0.0977. The number of ether oxygens (including phenoxy) is 1. The molecule has 1 aromatic carbocycles. The highest BCUT2D eigenvalue weighted by molar-refractivity contribution is 6.30. The third-order valence-electron chi connectivity index (χ3n) is 1.62. The van der Waals surface area contributed by atoms with E-state index in [1.54, 1.807) is 25.3 Å². The van der Waals surface area contributed by atoms with Crippen LogP contribution in [0.4, 0.5) is 0 Å². The molecule has 0 atom stereocenters. The summed E-state index contributed by atoms with van der Waals surface area (Å²) in [6.07, 6.45) is 0.365. The Labute approximate surface area is 82.0 Å². The molecule has 0 saturated carbocycles. The van der Waals surface area contributed by atoms with Gasteiger partial charge in [0.05, 0.1) is 12.9 Å². The van der Waals surface area contributed by atoms with E-state index in [-0.39, 0.29) is 5.84 Å². The van der Waals surface area contributed by atoms with Gasteiger partial charge in [-0.25, -0.2) is 0 Å². The first-order chi connectivity index (χ1) is 6.13. The van der Waals surface area contributed by atoms with Crippen LogP contribution < -0.4 is 10.5 Å². The highest BCUT2D eigenvalue weighted by Crippen LogP contribution is 2.22. The molecule has 0 fully saturated rings. The average Bonchev–Trinajstić information content (AvgIpc) is 2.03. The van der Waals surface area contributed by atoms with Crippen LogP contribution in [0.3, 0.4) is 0 Å². The van der Waals surface area contributed by atoms with Crippen molar-refractivity contribution in [3.63, 3.8) is 0 Å². The molecular formula is C9H11ClN2O. The van der Waals surface area contributed by atoms with Gasteiger partial charge in [-0.05, 0) is 18.2 Å². The van der Waals surface area contributed by atoms with Crippen molar-refractivity contribution in [1.82, 2.24) is 0 Å². The van der Waals surface area contributed by atoms with E-state index >= 15 is 0 Å². The number of rotatable bonds is 3. The fourth-order valence-corrected chi connectivity index (χ4v) is 1.29. The summed E-state index contributed by atoms with van der Waals surface area (Å²) in [7, 11) is 1.58. The second-order valence-corrected chi connectivity index (χ2v) is 3.09. The van der Waals surface area contributed by atoms with Gasteiger partial charge in [-0.3, -0.25) is 5.41 Å². The largest absolute Gasteiger partial charge is 0.496 e. The Morgan fingerprint density at radius 1 is 1.62 bits per heavy atom. The molecular weight excluding hydrogens is 188 g/mol. The van der Waals surface area contributed by atoms with Gasteiger partial charge in [-0.15, -0.1) is 0 Å². The van der Waals surface area contributed by atoms with Crippen molar-refractivity contribution in [2.75, 3.05) is 7.11 Å². The maximum atomic E-state index is 7.15. The lowest BCUT2D eigenvalue weighted by molar-refractivity contribution is 0.411. The van der Waals surface area contributed by atoms with Gasteiger partial charge in [-0.1, -0.05) is 11.6 Å². The summed E-state index contributed by atoms with van der Waals surface area (Å²) >= 11 is 5.79. The van der Waals surface area contributed by atoms with Gasteiger partial charge in [0, 0.05) is 17.0 Å². The van der Waals surface area contributed by atoms with Crippen LogP contribution >= 0.6 is 11.6 Å². The monoisotopic (exact) mass is 198 g/mol. The van der Waals surface area contributed by atoms with E-state index in [1.165, 1.54) is 0 Å². The van der Waals surface area contributed by atoms with E-state index in [2.05, 4.69) is 0 Å². The van der Waals surface area contributed by atoms with E-state index in [4.69, 9.17) is 27.5 Å². The Kier molecular flexibility index (Phi) is 3.14. The van der Waals surface area contributed by atoms with Crippen molar-refractivity contribution in [2.45, 2.75) is 6.42 Å². The quantitative estimate of drug-likeness (QED) is 0.575. The maximum Gasteiger partial charge on any atom is 0.122 e. The molecule has 3 nitrogen and oxygen atoms in total. The number of nitrogens with two attached hydrogens (primary N) is 1. The third kappa shape index (κ3) is 2.63. The highest BCUT2D eigenvalue weighted by Gasteiger charge is 2.04. The molecule has 0 unspecified atom stereocenters. The first-order valence-corrected chi connectivity index (χ1v) is 4.16. The van der Waals surface area contributed by atoms with Gasteiger partial charge in [0.25, 0.3) is 0 Å². The predicted octanol–water partition coefficient (Wildman–Crippen LogP) is 1.83. The summed E-state index contributed by atoms with van der Waals surface area (Å²) in [5.74, 6) is 0.806. The summed E-state index contributed by atoms with van der Waals surface area (Å²) in [4.78, 5) is 0. The van der Waals surface area contributed by atoms with Gasteiger partial charge in [0.1, 0.15) is 5.75 Å². The van der Waals surface area contributed by atoms with Crippen LogP contribution in [-0.4, -0.2) is 12.9 Å². The number of hydrogen-bond acceptors (Lipinski definition) is 2. The van der Waals surface area contributed by atoms with Crippen LogP contribution in [0.15, 0.2) is 18.2 Å². The molecule has 0 spiro atoms. The van der Waals surface area contributed by atoms with E-state index in [1.807, 2.05) is 0 Å². The van der Waals surface area contributed by atoms with E-state index in [9.17, 15) is 0 Å². The van der Waals surface area contributed by atoms with Gasteiger partial charge >= 0.3 is 0 Å². The highest BCUT2D eigenvalue weighted by atomic mass is 35.5. The Morgan fingerprint density at radius 3 is 2.85 bits per heavy atom. The van der Waals surface area contributed by atoms with Crippen LogP contribution in [0.25, 0.3) is 0 Å². The summed E-state index contributed by atoms with van der Waals surface area (Å²) in [6, 6.07) is 5.26. The number of methoxy groups -OCH3 is 1. The Hall–Kier alpha value is -1.22. The van der Waals surface area contributed by atoms with Crippen molar-refractivity contribution in [3.8, 4) is 5.75 Å². The number of hydrogen-bond donors (Lipinski definition) is 2. The Balaban J connectivity index is 3.01. The zero-order valence-electron chi connectivity index (χ0n) is 7.30. The molecule has 0 aliphatic rings. The molecule has 0 aromatic heterocycles. The van der Waals surface area contributed by atoms with Crippen LogP contribution in [0, 0.1) is 5.41 Å². The SMILES string of the molecule is COc1ccc(Cl)cc1CC(=N)N. The van der Waals surface area contributed by atoms with Crippen molar-refractivity contribution in [2.24, 2.45) is 5.73 Å². The molecule has 0 radical (unpaired) electrons. The second kappa shape index (κ2) is 4.14. The van der Waals surface area contributed by atoms with E-state index in [0.717, 1.165) is 5.56 Å². The summed E-state index contributed by atoms with van der Waals surface area (Å²) in [5.41, 5.74) is 6.12. The van der Waals surface area contributed by atoms with Crippen LogP contribution in [0.1, 0.15) is 5.56 Å². The molecule has 3 N–H and O–H groups in total. The first kappa shape index (κ1) is 9.86. The molecule has 0 amide bonds. The Morgan fingerprint density at radius 2 is 2.31 bits per heavy atom. The molecule has 0 saturated heterocycles. The lowest BCUT2D eigenvalue weighted by Gasteiger charge is -2.07. The third-order valence-corrected chi connectivity index (χ3v) is 1.86. The smallest absolute Gasteiger partial charge is 0.122 e. The van der Waals surface area contributed by atoms with Crippen LogP contribution in [0.5, 0.6) is 5.75 Å². The normalized spacial score (nSPS) is 9.69. The first-order valence-electron chi connectivity index (χ1n) is 3.79. The minimum Gasteiger partial charge on any atom is -0.496 e. The molecule has 0 bridgehead atoms. The number of halogens is 1. The summed E-state index contributed by atoms with van der Waals surface area (Å²) in [5, 5.41) is 7.78. The van der Waals surface area contributed by atoms with Crippen molar-refractivity contribution in [1.29, 1.82) is 5.41 Å². The molecule has 13 heavy (non-hydrogen) atoms. The predicted molar refractivity (Wildman–Crippen MR) is 53.6 cm³/mol. The fraction of sp³-hybridized carbons (Fsp3) is 0.222. The average molecular weight is 199 g/mol. The van der Waals surface area contributed by atoms with Gasteiger partial charge < -0.3 is 10.5 Å². The van der Waals surface area contributed by atoms with Gasteiger partial charge in [-0.2, -0.15) is 0 Å². The molecule has 0 heterocycles. The topological polar surface area (TPSA) is 59.1 Å². The van der Waals surface area contributed by atoms with Crippen molar-refractivity contribution < 1.29 is 4.74 Å². The zero-order chi connectivity index (χ0) is 9.84.